The van der Waals surface area contributed by atoms with Gasteiger partial charge in [-0.3, -0.25) is 0 Å². The zero-order valence-corrected chi connectivity index (χ0v) is 12.6. The molecule has 2 nitrogen and oxygen atoms in total. The highest BCUT2D eigenvalue weighted by atomic mass is 33.1. The standard InChI is InChI=1S/C14H22O2S2/c1-14(10-17-18-11-14)13(15)9-16-8-7-12-5-3-2-4-6-12/h2-3,5,13,15H,4,6-11H2,1H3/t13-/m1/s1. The first-order valence-electron chi connectivity index (χ1n) is 6.55. The maximum Gasteiger partial charge on any atom is 0.0843 e. The molecule has 102 valence electrons. The van der Waals surface area contributed by atoms with Gasteiger partial charge in [0, 0.05) is 16.9 Å². The molecule has 18 heavy (non-hydrogen) atoms. The molecule has 1 saturated heterocycles. The van der Waals surface area contributed by atoms with Crippen LogP contribution in [0.3, 0.4) is 0 Å². The number of aliphatic hydroxyl groups excluding tert-OH is 1. The number of hydrogen-bond acceptors (Lipinski definition) is 4. The third-order valence-electron chi connectivity index (χ3n) is 3.61. The summed E-state index contributed by atoms with van der Waals surface area (Å²) >= 11 is 0. The van der Waals surface area contributed by atoms with Gasteiger partial charge in [0.25, 0.3) is 0 Å². The highest BCUT2D eigenvalue weighted by molar-refractivity contribution is 8.77. The fourth-order valence-corrected chi connectivity index (χ4v) is 5.59. The predicted molar refractivity (Wildman–Crippen MR) is 80.9 cm³/mol. The normalized spacial score (nSPS) is 24.0. The lowest BCUT2D eigenvalue weighted by Crippen LogP contribution is -2.38. The average molecular weight is 286 g/mol. The van der Waals surface area contributed by atoms with Gasteiger partial charge in [0.1, 0.15) is 0 Å². The van der Waals surface area contributed by atoms with Crippen LogP contribution in [0.5, 0.6) is 0 Å². The van der Waals surface area contributed by atoms with Gasteiger partial charge in [-0.25, -0.2) is 0 Å². The second kappa shape index (κ2) is 7.04. The summed E-state index contributed by atoms with van der Waals surface area (Å²) < 4.78 is 5.64. The Hall–Kier alpha value is 0.1000. The van der Waals surface area contributed by atoms with Crippen LogP contribution in [-0.4, -0.2) is 35.9 Å². The third-order valence-corrected chi connectivity index (χ3v) is 6.54. The predicted octanol–water partition coefficient (Wildman–Crippen LogP) is 3.43. The molecule has 0 radical (unpaired) electrons. The van der Waals surface area contributed by atoms with E-state index < -0.39 is 0 Å². The van der Waals surface area contributed by atoms with Crippen molar-refractivity contribution >= 4 is 21.6 Å². The van der Waals surface area contributed by atoms with Crippen LogP contribution in [0.25, 0.3) is 0 Å². The molecular weight excluding hydrogens is 264 g/mol. The van der Waals surface area contributed by atoms with Crippen molar-refractivity contribution in [3.63, 3.8) is 0 Å². The minimum atomic E-state index is -0.333. The van der Waals surface area contributed by atoms with Crippen molar-refractivity contribution in [2.24, 2.45) is 5.41 Å². The molecule has 1 atom stereocenters. The maximum absolute atomic E-state index is 10.2. The van der Waals surface area contributed by atoms with Crippen molar-refractivity contribution in [3.8, 4) is 0 Å². The van der Waals surface area contributed by atoms with Gasteiger partial charge in [0.05, 0.1) is 19.3 Å². The lowest BCUT2D eigenvalue weighted by atomic mass is 9.89. The highest BCUT2D eigenvalue weighted by Crippen LogP contribution is 2.44. The molecule has 0 aromatic carbocycles. The average Bonchev–Trinajstić information content (AvgIpc) is 2.84. The second-order valence-corrected chi connectivity index (χ2v) is 7.77. The van der Waals surface area contributed by atoms with Gasteiger partial charge in [-0.2, -0.15) is 0 Å². The minimum absolute atomic E-state index is 0.0299. The third kappa shape index (κ3) is 4.05. The van der Waals surface area contributed by atoms with E-state index in [-0.39, 0.29) is 11.5 Å². The molecule has 0 bridgehead atoms. The second-order valence-electron chi connectivity index (χ2n) is 5.31. The van der Waals surface area contributed by atoms with Crippen LogP contribution in [-0.2, 0) is 4.74 Å². The van der Waals surface area contributed by atoms with Crippen LogP contribution in [0.1, 0.15) is 26.2 Å². The zero-order chi connectivity index (χ0) is 12.8. The molecule has 1 heterocycles. The molecule has 0 unspecified atom stereocenters. The first-order chi connectivity index (χ1) is 8.71. The van der Waals surface area contributed by atoms with E-state index in [1.165, 1.54) is 5.57 Å². The van der Waals surface area contributed by atoms with Crippen molar-refractivity contribution in [3.05, 3.63) is 23.8 Å². The van der Waals surface area contributed by atoms with Crippen molar-refractivity contribution in [1.82, 2.24) is 0 Å². The molecule has 0 spiro atoms. The van der Waals surface area contributed by atoms with E-state index in [2.05, 4.69) is 25.2 Å². The van der Waals surface area contributed by atoms with Gasteiger partial charge in [-0.15, -0.1) is 0 Å². The van der Waals surface area contributed by atoms with Crippen molar-refractivity contribution in [2.75, 3.05) is 24.7 Å². The van der Waals surface area contributed by atoms with Crippen molar-refractivity contribution in [1.29, 1.82) is 0 Å². The molecule has 1 aliphatic heterocycles. The van der Waals surface area contributed by atoms with E-state index in [9.17, 15) is 5.11 Å². The molecule has 1 aliphatic carbocycles. The number of hydrogen-bond donors (Lipinski definition) is 1. The maximum atomic E-state index is 10.2. The van der Waals surface area contributed by atoms with E-state index in [0.29, 0.717) is 6.61 Å². The number of allylic oxidation sites excluding steroid dienone is 3. The van der Waals surface area contributed by atoms with E-state index in [0.717, 1.165) is 37.4 Å². The van der Waals surface area contributed by atoms with Gasteiger partial charge in [0.15, 0.2) is 0 Å². The fourth-order valence-electron chi connectivity index (χ4n) is 2.05. The van der Waals surface area contributed by atoms with E-state index in [1.807, 2.05) is 21.6 Å². The van der Waals surface area contributed by atoms with Crippen LogP contribution in [0.15, 0.2) is 23.8 Å². The number of aliphatic hydroxyl groups is 1. The Bertz CT molecular complexity index is 320. The quantitative estimate of drug-likeness (QED) is 0.598. The van der Waals surface area contributed by atoms with E-state index >= 15 is 0 Å². The Labute approximate surface area is 118 Å². The molecule has 1 fully saturated rings. The Morgan fingerprint density at radius 1 is 1.44 bits per heavy atom. The largest absolute Gasteiger partial charge is 0.390 e. The van der Waals surface area contributed by atoms with Gasteiger partial charge in [-0.05, 0) is 19.3 Å². The van der Waals surface area contributed by atoms with E-state index in [1.54, 1.807) is 0 Å². The molecule has 2 aliphatic rings. The van der Waals surface area contributed by atoms with Gasteiger partial charge in [-0.1, -0.05) is 52.3 Å². The Morgan fingerprint density at radius 2 is 2.22 bits per heavy atom. The molecular formula is C14H22O2S2. The first kappa shape index (κ1) is 14.5. The summed E-state index contributed by atoms with van der Waals surface area (Å²) in [5.74, 6) is 2.05. The summed E-state index contributed by atoms with van der Waals surface area (Å²) in [5, 5.41) is 10.2. The van der Waals surface area contributed by atoms with Gasteiger partial charge < -0.3 is 9.84 Å². The van der Waals surface area contributed by atoms with Crippen molar-refractivity contribution in [2.45, 2.75) is 32.3 Å². The SMILES string of the molecule is CC1([C@H](O)COCCC2=CC=CCC2)CSSC1. The molecule has 1 N–H and O–H groups in total. The summed E-state index contributed by atoms with van der Waals surface area (Å²) in [6, 6.07) is 0. The molecule has 2 rings (SSSR count). The number of ether oxygens (including phenoxy) is 1. The Morgan fingerprint density at radius 3 is 2.89 bits per heavy atom. The van der Waals surface area contributed by atoms with Gasteiger partial charge >= 0.3 is 0 Å². The highest BCUT2D eigenvalue weighted by Gasteiger charge is 2.37. The molecule has 4 heteroatoms. The topological polar surface area (TPSA) is 29.5 Å². The first-order valence-corrected chi connectivity index (χ1v) is 9.04. The summed E-state index contributed by atoms with van der Waals surface area (Å²) in [6.45, 7) is 3.36. The van der Waals surface area contributed by atoms with Crippen LogP contribution in [0.4, 0.5) is 0 Å². The van der Waals surface area contributed by atoms with Gasteiger partial charge in [0.2, 0.25) is 0 Å². The smallest absolute Gasteiger partial charge is 0.0843 e. The molecule has 0 aromatic heterocycles. The summed E-state index contributed by atoms with van der Waals surface area (Å²) in [6.07, 6.45) is 9.49. The minimum Gasteiger partial charge on any atom is -0.390 e. The fraction of sp³-hybridized carbons (Fsp3) is 0.714. The summed E-state index contributed by atoms with van der Waals surface area (Å²) in [4.78, 5) is 0. The van der Waals surface area contributed by atoms with Crippen LogP contribution >= 0.6 is 21.6 Å². The van der Waals surface area contributed by atoms with Crippen LogP contribution < -0.4 is 0 Å². The zero-order valence-electron chi connectivity index (χ0n) is 10.9. The monoisotopic (exact) mass is 286 g/mol. The Kier molecular flexibility index (Phi) is 5.67. The van der Waals surface area contributed by atoms with Crippen LogP contribution in [0.2, 0.25) is 0 Å². The molecule has 0 aromatic rings. The van der Waals surface area contributed by atoms with Crippen LogP contribution in [0, 0.1) is 5.41 Å². The molecule has 0 saturated carbocycles. The molecule has 0 amide bonds. The lowest BCUT2D eigenvalue weighted by molar-refractivity contribution is -0.0153. The number of rotatable bonds is 6. The Balaban J connectivity index is 1.63. The summed E-state index contributed by atoms with van der Waals surface area (Å²) in [5.41, 5.74) is 1.49. The summed E-state index contributed by atoms with van der Waals surface area (Å²) in [7, 11) is 3.71. The van der Waals surface area contributed by atoms with Crippen molar-refractivity contribution < 1.29 is 9.84 Å². The lowest BCUT2D eigenvalue weighted by Gasteiger charge is -2.28. The van der Waals surface area contributed by atoms with E-state index in [4.69, 9.17) is 4.74 Å².